The van der Waals surface area contributed by atoms with Crippen LogP contribution >= 0.6 is 0 Å². The lowest BCUT2D eigenvalue weighted by Gasteiger charge is -2.34. The maximum atomic E-state index is 12.5. The summed E-state index contributed by atoms with van der Waals surface area (Å²) in [6.45, 7) is 4.23. The van der Waals surface area contributed by atoms with Crippen molar-refractivity contribution in [3.05, 3.63) is 30.1 Å². The van der Waals surface area contributed by atoms with Gasteiger partial charge in [0.15, 0.2) is 0 Å². The predicted molar refractivity (Wildman–Crippen MR) is 86.5 cm³/mol. The van der Waals surface area contributed by atoms with Gasteiger partial charge in [-0.25, -0.2) is 0 Å². The van der Waals surface area contributed by atoms with Gasteiger partial charge in [-0.05, 0) is 18.1 Å². The number of aromatic nitrogens is 1. The monoisotopic (exact) mass is 330 g/mol. The molecule has 0 radical (unpaired) electrons. The van der Waals surface area contributed by atoms with E-state index in [1.807, 2.05) is 12.1 Å². The third-order valence-electron chi connectivity index (χ3n) is 4.67. The molecule has 1 N–H and O–H groups in total. The minimum absolute atomic E-state index is 0.0414. The summed E-state index contributed by atoms with van der Waals surface area (Å²) in [7, 11) is 0. The van der Waals surface area contributed by atoms with Crippen molar-refractivity contribution in [3.8, 4) is 0 Å². The smallest absolute Gasteiger partial charge is 0.226 e. The molecule has 24 heavy (non-hydrogen) atoms. The Morgan fingerprint density at radius 1 is 1.17 bits per heavy atom. The standard InChI is InChI=1S/C17H22N4O3/c1-12(22)20-5-7-21(8-6-20)17(24)15-9-14(15)16(23)19-11-13-3-2-4-18-10-13/h2-4,10,14-15H,5-9,11H2,1H3,(H,19,23). The fourth-order valence-electron chi connectivity index (χ4n) is 3.06. The quantitative estimate of drug-likeness (QED) is 0.844. The highest BCUT2D eigenvalue weighted by Gasteiger charge is 2.49. The number of hydrogen-bond donors (Lipinski definition) is 1. The zero-order valence-corrected chi connectivity index (χ0v) is 13.8. The summed E-state index contributed by atoms with van der Waals surface area (Å²) < 4.78 is 0. The molecule has 2 atom stereocenters. The van der Waals surface area contributed by atoms with Gasteiger partial charge in [0, 0.05) is 52.0 Å². The Hall–Kier alpha value is -2.44. The third kappa shape index (κ3) is 3.72. The van der Waals surface area contributed by atoms with Crippen molar-refractivity contribution in [2.24, 2.45) is 11.8 Å². The molecule has 3 rings (SSSR count). The molecule has 128 valence electrons. The summed E-state index contributed by atoms with van der Waals surface area (Å²) in [4.78, 5) is 43.5. The molecule has 1 aliphatic carbocycles. The fraction of sp³-hybridized carbons (Fsp3) is 0.529. The second-order valence-electron chi connectivity index (χ2n) is 6.36. The van der Waals surface area contributed by atoms with Crippen LogP contribution in [0, 0.1) is 11.8 Å². The van der Waals surface area contributed by atoms with Crippen LogP contribution in [0.2, 0.25) is 0 Å². The van der Waals surface area contributed by atoms with Crippen LogP contribution in [0.1, 0.15) is 18.9 Å². The second-order valence-corrected chi connectivity index (χ2v) is 6.36. The maximum Gasteiger partial charge on any atom is 0.226 e. The average molecular weight is 330 g/mol. The highest BCUT2D eigenvalue weighted by molar-refractivity contribution is 5.92. The van der Waals surface area contributed by atoms with Crippen LogP contribution in [0.15, 0.2) is 24.5 Å². The molecule has 0 aromatic carbocycles. The van der Waals surface area contributed by atoms with Gasteiger partial charge in [-0.3, -0.25) is 19.4 Å². The van der Waals surface area contributed by atoms with Gasteiger partial charge < -0.3 is 15.1 Å². The molecule has 2 fully saturated rings. The Bertz CT molecular complexity index is 626. The summed E-state index contributed by atoms with van der Waals surface area (Å²) in [6, 6.07) is 3.73. The van der Waals surface area contributed by atoms with Gasteiger partial charge in [0.1, 0.15) is 0 Å². The van der Waals surface area contributed by atoms with Gasteiger partial charge in [-0.1, -0.05) is 6.07 Å². The maximum absolute atomic E-state index is 12.5. The first-order valence-electron chi connectivity index (χ1n) is 8.27. The van der Waals surface area contributed by atoms with Gasteiger partial charge in [-0.15, -0.1) is 0 Å². The predicted octanol–water partition coefficient (Wildman–Crippen LogP) is 0.0246. The minimum atomic E-state index is -0.222. The molecule has 7 nitrogen and oxygen atoms in total. The molecule has 2 aliphatic rings. The zero-order chi connectivity index (χ0) is 17.1. The molecular weight excluding hydrogens is 308 g/mol. The van der Waals surface area contributed by atoms with Crippen LogP contribution in [0.4, 0.5) is 0 Å². The van der Waals surface area contributed by atoms with Crippen LogP contribution in [0.3, 0.4) is 0 Å². The number of piperazine rings is 1. The first-order valence-corrected chi connectivity index (χ1v) is 8.27. The Kier molecular flexibility index (Phi) is 4.78. The number of nitrogens with one attached hydrogen (secondary N) is 1. The van der Waals surface area contributed by atoms with E-state index in [-0.39, 0.29) is 29.6 Å². The lowest BCUT2D eigenvalue weighted by molar-refractivity contribution is -0.140. The van der Waals surface area contributed by atoms with Crippen molar-refractivity contribution in [2.45, 2.75) is 19.9 Å². The molecule has 3 amide bonds. The molecule has 7 heteroatoms. The minimum Gasteiger partial charge on any atom is -0.352 e. The molecular formula is C17H22N4O3. The van der Waals surface area contributed by atoms with E-state index in [4.69, 9.17) is 0 Å². The van der Waals surface area contributed by atoms with Crippen LogP contribution in [0.25, 0.3) is 0 Å². The van der Waals surface area contributed by atoms with Gasteiger partial charge in [0.2, 0.25) is 17.7 Å². The molecule has 0 bridgehead atoms. The summed E-state index contributed by atoms with van der Waals surface area (Å²) >= 11 is 0. The van der Waals surface area contributed by atoms with Gasteiger partial charge in [-0.2, -0.15) is 0 Å². The Morgan fingerprint density at radius 2 is 1.88 bits per heavy atom. The van der Waals surface area contributed by atoms with E-state index in [0.717, 1.165) is 5.56 Å². The topological polar surface area (TPSA) is 82.6 Å². The Morgan fingerprint density at radius 3 is 2.50 bits per heavy atom. The number of nitrogens with zero attached hydrogens (tertiary/aromatic N) is 3. The van der Waals surface area contributed by atoms with E-state index >= 15 is 0 Å². The molecule has 2 heterocycles. The van der Waals surface area contributed by atoms with E-state index in [2.05, 4.69) is 10.3 Å². The van der Waals surface area contributed by atoms with E-state index in [0.29, 0.717) is 39.1 Å². The molecule has 1 aromatic heterocycles. The number of carbonyl (C=O) groups excluding carboxylic acids is 3. The Balaban J connectivity index is 1.44. The van der Waals surface area contributed by atoms with Crippen LogP contribution in [0.5, 0.6) is 0 Å². The van der Waals surface area contributed by atoms with Gasteiger partial charge in [0.05, 0.1) is 11.8 Å². The number of carbonyl (C=O) groups is 3. The summed E-state index contributed by atoms with van der Waals surface area (Å²) in [6.07, 6.45) is 4.02. The van der Waals surface area contributed by atoms with Gasteiger partial charge in [0.25, 0.3) is 0 Å². The van der Waals surface area contributed by atoms with E-state index in [9.17, 15) is 14.4 Å². The largest absolute Gasteiger partial charge is 0.352 e. The van der Waals surface area contributed by atoms with E-state index in [1.165, 1.54) is 0 Å². The highest BCUT2D eigenvalue weighted by atomic mass is 16.2. The van der Waals surface area contributed by atoms with Crippen LogP contribution in [-0.2, 0) is 20.9 Å². The first kappa shape index (κ1) is 16.4. The summed E-state index contributed by atoms with van der Waals surface area (Å²) in [5, 5.41) is 2.87. The fourth-order valence-corrected chi connectivity index (χ4v) is 3.06. The number of rotatable bonds is 4. The third-order valence-corrected chi connectivity index (χ3v) is 4.67. The second kappa shape index (κ2) is 6.98. The van der Waals surface area contributed by atoms with Crippen molar-refractivity contribution in [2.75, 3.05) is 26.2 Å². The summed E-state index contributed by atoms with van der Waals surface area (Å²) in [5.74, 6) is -0.414. The average Bonchev–Trinajstić information content (AvgIpc) is 3.41. The number of amides is 3. The molecule has 1 aliphatic heterocycles. The first-order chi connectivity index (χ1) is 11.6. The van der Waals surface area contributed by atoms with Crippen molar-refractivity contribution < 1.29 is 14.4 Å². The Labute approximate surface area is 141 Å². The van der Waals surface area contributed by atoms with Crippen LogP contribution in [-0.4, -0.2) is 58.7 Å². The van der Waals surface area contributed by atoms with E-state index < -0.39 is 0 Å². The number of pyridine rings is 1. The SMILES string of the molecule is CC(=O)N1CCN(C(=O)C2CC2C(=O)NCc2cccnc2)CC1. The summed E-state index contributed by atoms with van der Waals surface area (Å²) in [5.41, 5.74) is 0.940. The molecule has 1 saturated carbocycles. The molecule has 0 spiro atoms. The van der Waals surface area contributed by atoms with Crippen molar-refractivity contribution in [1.82, 2.24) is 20.1 Å². The normalized spacial score (nSPS) is 22.9. The molecule has 2 unspecified atom stereocenters. The molecule has 1 saturated heterocycles. The van der Waals surface area contributed by atoms with Crippen molar-refractivity contribution >= 4 is 17.7 Å². The lowest BCUT2D eigenvalue weighted by atomic mass is 10.2. The lowest BCUT2D eigenvalue weighted by Crippen LogP contribution is -2.50. The number of hydrogen-bond acceptors (Lipinski definition) is 4. The van der Waals surface area contributed by atoms with E-state index in [1.54, 1.807) is 29.1 Å². The van der Waals surface area contributed by atoms with Gasteiger partial charge >= 0.3 is 0 Å². The van der Waals surface area contributed by atoms with Crippen LogP contribution < -0.4 is 5.32 Å². The van der Waals surface area contributed by atoms with Crippen molar-refractivity contribution in [3.63, 3.8) is 0 Å². The molecule has 1 aromatic rings. The van der Waals surface area contributed by atoms with Crippen molar-refractivity contribution in [1.29, 1.82) is 0 Å². The highest BCUT2D eigenvalue weighted by Crippen LogP contribution is 2.40. The zero-order valence-electron chi connectivity index (χ0n) is 13.8.